The van der Waals surface area contributed by atoms with Crippen LogP contribution >= 0.6 is 0 Å². The van der Waals surface area contributed by atoms with E-state index in [4.69, 9.17) is 0 Å². The van der Waals surface area contributed by atoms with E-state index in [-0.39, 0.29) is 46.9 Å². The van der Waals surface area contributed by atoms with Gasteiger partial charge in [-0.2, -0.15) is 6.20 Å². The van der Waals surface area contributed by atoms with E-state index < -0.39 is 0 Å². The zero-order valence-electron chi connectivity index (χ0n) is 10.6. The number of nitrogens with one attached hydrogen (secondary N) is 1. The Kier molecular flexibility index (Phi) is 10.5. The SMILES string of the molecule is CC(C)(c1ccc[n-]1)c1ccc[nH]1.[CH3-].[NH2-].[NH2-].[Ti+4]. The normalized spacial score (nSPS) is 9.06. The molecule has 0 bridgehead atoms. The van der Waals surface area contributed by atoms with Gasteiger partial charge in [0.15, 0.2) is 0 Å². The molecule has 0 unspecified atom stereocenters. The molecule has 2 heterocycles. The summed E-state index contributed by atoms with van der Waals surface area (Å²) in [6.45, 7) is 4.34. The number of H-pyrrole nitrogens is 1. The maximum atomic E-state index is 4.32. The molecule has 0 amide bonds. The Balaban J connectivity index is -0.000000490. The van der Waals surface area contributed by atoms with Crippen molar-refractivity contribution in [3.05, 3.63) is 67.8 Å². The first-order valence-electron chi connectivity index (χ1n) is 4.43. The second-order valence-corrected chi connectivity index (χ2v) is 3.73. The van der Waals surface area contributed by atoms with Crippen molar-refractivity contribution in [3.63, 3.8) is 0 Å². The van der Waals surface area contributed by atoms with E-state index in [1.165, 1.54) is 5.69 Å². The van der Waals surface area contributed by atoms with Crippen molar-refractivity contribution in [2.24, 2.45) is 0 Å². The van der Waals surface area contributed by atoms with E-state index in [0.717, 1.165) is 5.69 Å². The van der Waals surface area contributed by atoms with Gasteiger partial charge in [0.05, 0.1) is 0 Å². The average Bonchev–Trinajstić information content (AvgIpc) is 2.78. The molecule has 0 atom stereocenters. The van der Waals surface area contributed by atoms with Crippen molar-refractivity contribution in [3.8, 4) is 0 Å². The van der Waals surface area contributed by atoms with Gasteiger partial charge >= 0.3 is 21.7 Å². The van der Waals surface area contributed by atoms with Gasteiger partial charge in [0.25, 0.3) is 0 Å². The van der Waals surface area contributed by atoms with E-state index in [2.05, 4.69) is 35.9 Å². The first-order valence-corrected chi connectivity index (χ1v) is 4.43. The van der Waals surface area contributed by atoms with Crippen LogP contribution in [0.4, 0.5) is 0 Å². The third-order valence-corrected chi connectivity index (χ3v) is 2.47. The minimum Gasteiger partial charge on any atom is -0.693 e. The molecule has 2 aromatic rings. The van der Waals surface area contributed by atoms with E-state index in [1.54, 1.807) is 0 Å². The van der Waals surface area contributed by atoms with E-state index in [1.807, 2.05) is 24.5 Å². The van der Waals surface area contributed by atoms with E-state index in [9.17, 15) is 0 Å². The number of rotatable bonds is 2. The summed E-state index contributed by atoms with van der Waals surface area (Å²) in [5.41, 5.74) is 2.29. The molecular formula is C12H20N4Ti. The molecule has 0 aliphatic rings. The number of aromatic amines is 1. The summed E-state index contributed by atoms with van der Waals surface area (Å²) < 4.78 is 0. The van der Waals surface area contributed by atoms with Crippen LogP contribution in [0, 0.1) is 7.43 Å². The van der Waals surface area contributed by atoms with Crippen molar-refractivity contribution in [1.82, 2.24) is 9.97 Å². The van der Waals surface area contributed by atoms with Crippen molar-refractivity contribution in [2.45, 2.75) is 19.3 Å². The molecule has 92 valence electrons. The molecule has 0 radical (unpaired) electrons. The summed E-state index contributed by atoms with van der Waals surface area (Å²) in [6, 6.07) is 8.13. The fraction of sp³-hybridized carbons (Fsp3) is 0.250. The molecule has 17 heavy (non-hydrogen) atoms. The first kappa shape index (κ1) is 21.5. The van der Waals surface area contributed by atoms with Crippen LogP contribution < -0.4 is 4.98 Å². The number of hydrogen-bond donors (Lipinski definition) is 1. The molecule has 0 aromatic carbocycles. The number of nitrogens with zero attached hydrogens (tertiary/aromatic N) is 1. The van der Waals surface area contributed by atoms with Gasteiger partial charge < -0.3 is 29.7 Å². The fourth-order valence-corrected chi connectivity index (χ4v) is 1.53. The Labute approximate surface area is 119 Å². The third-order valence-electron chi connectivity index (χ3n) is 2.47. The van der Waals surface area contributed by atoms with Crippen LogP contribution in [0.15, 0.2) is 36.7 Å². The molecule has 0 aliphatic carbocycles. The van der Waals surface area contributed by atoms with Gasteiger partial charge in [-0.25, -0.2) is 0 Å². The minimum absolute atomic E-state index is 0. The average molecular weight is 268 g/mol. The Hall–Kier alpha value is -0.806. The van der Waals surface area contributed by atoms with Crippen LogP contribution in [0.25, 0.3) is 12.3 Å². The predicted molar refractivity (Wildman–Crippen MR) is 69.7 cm³/mol. The standard InChI is InChI=1S/C11H13N2.CH3.2H2N.Ti/c1-11(2,9-5-3-7-12-9)10-6-4-8-13-10;;;;/h3-8,12H,1-2H3;1H3;2*1H2;/q4*-1;+4. The topological polar surface area (TPSA) is 96.9 Å². The summed E-state index contributed by atoms with van der Waals surface area (Å²) in [6.07, 6.45) is 3.78. The number of hydrogen-bond acceptors (Lipinski definition) is 0. The second kappa shape index (κ2) is 8.31. The number of aromatic nitrogens is 2. The zero-order valence-corrected chi connectivity index (χ0v) is 12.1. The van der Waals surface area contributed by atoms with Crippen molar-refractivity contribution in [2.75, 3.05) is 0 Å². The van der Waals surface area contributed by atoms with Crippen LogP contribution in [-0.4, -0.2) is 4.98 Å². The predicted octanol–water partition coefficient (Wildman–Crippen LogP) is 4.18. The first-order chi connectivity index (χ1) is 6.21. The quantitative estimate of drug-likeness (QED) is 0.641. The summed E-state index contributed by atoms with van der Waals surface area (Å²) in [5.74, 6) is 0. The van der Waals surface area contributed by atoms with Gasteiger partial charge in [-0.1, -0.05) is 26.0 Å². The number of nitrogens with two attached hydrogens (primary N) is 2. The van der Waals surface area contributed by atoms with Crippen LogP contribution in [0.3, 0.4) is 0 Å². The van der Waals surface area contributed by atoms with Crippen molar-refractivity contribution in [1.29, 1.82) is 0 Å². The molecule has 5 N–H and O–H groups in total. The summed E-state index contributed by atoms with van der Waals surface area (Å²) in [5, 5.41) is 0. The molecule has 0 aliphatic heterocycles. The molecule has 0 saturated heterocycles. The summed E-state index contributed by atoms with van der Waals surface area (Å²) in [4.78, 5) is 7.55. The molecule has 5 heteroatoms. The maximum absolute atomic E-state index is 4.32. The van der Waals surface area contributed by atoms with Gasteiger partial charge in [-0.15, -0.1) is 5.69 Å². The second-order valence-electron chi connectivity index (χ2n) is 3.73. The van der Waals surface area contributed by atoms with Gasteiger partial charge in [0, 0.05) is 17.3 Å². The fourth-order valence-electron chi connectivity index (χ4n) is 1.53. The molecular weight excluding hydrogens is 248 g/mol. The molecule has 0 spiro atoms. The molecule has 0 fully saturated rings. The molecule has 2 rings (SSSR count). The monoisotopic (exact) mass is 268 g/mol. The van der Waals surface area contributed by atoms with Gasteiger partial charge in [0.2, 0.25) is 0 Å². The van der Waals surface area contributed by atoms with E-state index in [0.29, 0.717) is 0 Å². The maximum Gasteiger partial charge on any atom is 4.00 e. The van der Waals surface area contributed by atoms with Crippen LogP contribution in [0.2, 0.25) is 0 Å². The largest absolute Gasteiger partial charge is 4.00 e. The third kappa shape index (κ3) is 4.17. The van der Waals surface area contributed by atoms with Crippen molar-refractivity contribution >= 4 is 0 Å². The van der Waals surface area contributed by atoms with Gasteiger partial charge in [-0.3, -0.25) is 0 Å². The Morgan fingerprint density at radius 2 is 1.76 bits per heavy atom. The molecule has 2 aromatic heterocycles. The Bertz CT molecular complexity index is 329. The zero-order chi connectivity index (χ0) is 9.31. The van der Waals surface area contributed by atoms with Crippen LogP contribution in [0.5, 0.6) is 0 Å². The summed E-state index contributed by atoms with van der Waals surface area (Å²) in [7, 11) is 0. The van der Waals surface area contributed by atoms with Crippen LogP contribution in [0.1, 0.15) is 25.2 Å². The molecule has 4 nitrogen and oxygen atoms in total. The van der Waals surface area contributed by atoms with E-state index >= 15 is 0 Å². The minimum atomic E-state index is -0.0208. The van der Waals surface area contributed by atoms with Crippen LogP contribution in [-0.2, 0) is 27.1 Å². The summed E-state index contributed by atoms with van der Waals surface area (Å²) >= 11 is 0. The van der Waals surface area contributed by atoms with Crippen molar-refractivity contribution < 1.29 is 21.7 Å². The Morgan fingerprint density at radius 3 is 2.18 bits per heavy atom. The van der Waals surface area contributed by atoms with Gasteiger partial charge in [-0.05, 0) is 12.1 Å². The Morgan fingerprint density at radius 1 is 1.12 bits per heavy atom. The smallest absolute Gasteiger partial charge is 0.693 e. The van der Waals surface area contributed by atoms with Gasteiger partial charge in [0.1, 0.15) is 0 Å². The molecule has 0 saturated carbocycles.